The molecule has 0 fully saturated rings. The highest BCUT2D eigenvalue weighted by atomic mass is 19.4. The van der Waals surface area contributed by atoms with Gasteiger partial charge in [-0.1, -0.05) is 17.3 Å². The second-order valence-electron chi connectivity index (χ2n) is 3.36. The molecule has 0 atom stereocenters. The highest BCUT2D eigenvalue weighted by Crippen LogP contribution is 2.33. The number of benzene rings is 1. The van der Waals surface area contributed by atoms with Gasteiger partial charge in [-0.2, -0.15) is 13.2 Å². The van der Waals surface area contributed by atoms with Gasteiger partial charge in [-0.15, -0.1) is 5.10 Å². The molecule has 0 bridgehead atoms. The number of hydrogen-bond donors (Lipinski definition) is 1. The minimum Gasteiger partial charge on any atom is -0.325 e. The van der Waals surface area contributed by atoms with E-state index in [0.717, 1.165) is 10.7 Å². The lowest BCUT2D eigenvalue weighted by Crippen LogP contribution is -2.14. The van der Waals surface area contributed by atoms with Crippen molar-refractivity contribution in [2.75, 3.05) is 0 Å². The molecule has 90 valence electrons. The van der Waals surface area contributed by atoms with Gasteiger partial charge >= 0.3 is 6.18 Å². The average Bonchev–Trinajstić information content (AvgIpc) is 2.75. The minimum absolute atomic E-state index is 0.0686. The number of rotatable bonds is 2. The zero-order valence-electron chi connectivity index (χ0n) is 8.65. The maximum atomic E-state index is 12.8. The van der Waals surface area contributed by atoms with Crippen LogP contribution in [0.4, 0.5) is 13.2 Å². The number of nitrogens with zero attached hydrogens (tertiary/aromatic N) is 3. The summed E-state index contributed by atoms with van der Waals surface area (Å²) in [5.74, 6) is 0. The summed E-state index contributed by atoms with van der Waals surface area (Å²) in [7, 11) is 0. The fraction of sp³-hybridized carbons (Fsp3) is 0.200. The second-order valence-corrected chi connectivity index (χ2v) is 3.36. The lowest BCUT2D eigenvalue weighted by atomic mass is 10.1. The quantitative estimate of drug-likeness (QED) is 0.872. The van der Waals surface area contributed by atoms with Crippen molar-refractivity contribution in [3.63, 3.8) is 0 Å². The van der Waals surface area contributed by atoms with Crippen LogP contribution in [0.2, 0.25) is 0 Å². The normalized spacial score (nSPS) is 11.8. The lowest BCUT2D eigenvalue weighted by molar-refractivity contribution is -0.137. The minimum atomic E-state index is -4.44. The Morgan fingerprint density at radius 1 is 1.24 bits per heavy atom. The fourth-order valence-corrected chi connectivity index (χ4v) is 1.50. The van der Waals surface area contributed by atoms with E-state index in [1.807, 2.05) is 0 Å². The number of aromatic nitrogens is 3. The molecule has 4 nitrogen and oxygen atoms in total. The lowest BCUT2D eigenvalue weighted by Gasteiger charge is -2.13. The molecule has 0 aliphatic carbocycles. The van der Waals surface area contributed by atoms with Gasteiger partial charge in [0, 0.05) is 6.54 Å². The van der Waals surface area contributed by atoms with E-state index in [0.29, 0.717) is 5.69 Å². The first-order chi connectivity index (χ1) is 8.04. The van der Waals surface area contributed by atoms with E-state index >= 15 is 0 Å². The van der Waals surface area contributed by atoms with Crippen molar-refractivity contribution < 1.29 is 13.2 Å². The van der Waals surface area contributed by atoms with Gasteiger partial charge < -0.3 is 5.73 Å². The third-order valence-electron chi connectivity index (χ3n) is 2.27. The molecule has 0 spiro atoms. The predicted molar refractivity (Wildman–Crippen MR) is 54.3 cm³/mol. The van der Waals surface area contributed by atoms with E-state index in [-0.39, 0.29) is 12.2 Å². The van der Waals surface area contributed by atoms with E-state index in [2.05, 4.69) is 10.3 Å². The van der Waals surface area contributed by atoms with Crippen molar-refractivity contribution in [2.45, 2.75) is 12.7 Å². The molecule has 0 saturated carbocycles. The molecular formula is C10H9F3N4. The van der Waals surface area contributed by atoms with Crippen LogP contribution in [0.25, 0.3) is 5.69 Å². The molecule has 0 aliphatic rings. The molecule has 17 heavy (non-hydrogen) atoms. The van der Waals surface area contributed by atoms with Crippen LogP contribution in [0.1, 0.15) is 11.3 Å². The number of halogens is 3. The smallest absolute Gasteiger partial charge is 0.325 e. The molecule has 2 N–H and O–H groups in total. The first kappa shape index (κ1) is 11.6. The molecule has 1 heterocycles. The van der Waals surface area contributed by atoms with Crippen LogP contribution in [0, 0.1) is 0 Å². The Kier molecular flexibility index (Phi) is 2.84. The Morgan fingerprint density at radius 3 is 2.59 bits per heavy atom. The van der Waals surface area contributed by atoms with Gasteiger partial charge in [-0.25, -0.2) is 4.68 Å². The molecule has 0 saturated heterocycles. The molecule has 0 unspecified atom stereocenters. The summed E-state index contributed by atoms with van der Waals surface area (Å²) >= 11 is 0. The zero-order valence-corrected chi connectivity index (χ0v) is 8.65. The number of para-hydroxylation sites is 1. The Morgan fingerprint density at radius 2 is 1.94 bits per heavy atom. The standard InChI is InChI=1S/C10H9F3N4/c11-10(12,13)8-3-1-2-4-9(8)17-7(5-14)6-15-16-17/h1-4,6H,5,14H2. The van der Waals surface area contributed by atoms with E-state index in [9.17, 15) is 13.2 Å². The highest BCUT2D eigenvalue weighted by Gasteiger charge is 2.34. The van der Waals surface area contributed by atoms with Crippen molar-refractivity contribution in [1.29, 1.82) is 0 Å². The number of nitrogens with two attached hydrogens (primary N) is 1. The van der Waals surface area contributed by atoms with Crippen LogP contribution in [-0.2, 0) is 12.7 Å². The Hall–Kier alpha value is -1.89. The Labute approximate surface area is 94.9 Å². The summed E-state index contributed by atoms with van der Waals surface area (Å²) < 4.78 is 39.4. The van der Waals surface area contributed by atoms with Gasteiger partial charge in [0.2, 0.25) is 0 Å². The maximum absolute atomic E-state index is 12.8. The zero-order chi connectivity index (χ0) is 12.5. The molecule has 1 aromatic carbocycles. The van der Waals surface area contributed by atoms with Crippen LogP contribution in [0.3, 0.4) is 0 Å². The van der Waals surface area contributed by atoms with Crippen molar-refractivity contribution in [3.8, 4) is 5.69 Å². The van der Waals surface area contributed by atoms with Gasteiger partial charge in [0.25, 0.3) is 0 Å². The average molecular weight is 242 g/mol. The molecular weight excluding hydrogens is 233 g/mol. The number of hydrogen-bond acceptors (Lipinski definition) is 3. The Balaban J connectivity index is 2.60. The van der Waals surface area contributed by atoms with Gasteiger partial charge in [-0.3, -0.25) is 0 Å². The molecule has 2 rings (SSSR count). The SMILES string of the molecule is NCc1cnnn1-c1ccccc1C(F)(F)F. The van der Waals surface area contributed by atoms with Crippen LogP contribution in [-0.4, -0.2) is 15.0 Å². The third-order valence-corrected chi connectivity index (χ3v) is 2.27. The van der Waals surface area contributed by atoms with Gasteiger partial charge in [0.15, 0.2) is 0 Å². The topological polar surface area (TPSA) is 56.7 Å². The van der Waals surface area contributed by atoms with Gasteiger partial charge in [-0.05, 0) is 12.1 Å². The van der Waals surface area contributed by atoms with Crippen molar-refractivity contribution >= 4 is 0 Å². The maximum Gasteiger partial charge on any atom is 0.418 e. The van der Waals surface area contributed by atoms with Crippen LogP contribution in [0.5, 0.6) is 0 Å². The summed E-state index contributed by atoms with van der Waals surface area (Å²) in [4.78, 5) is 0. The summed E-state index contributed by atoms with van der Waals surface area (Å²) in [5, 5.41) is 7.18. The largest absolute Gasteiger partial charge is 0.418 e. The number of alkyl halides is 3. The van der Waals surface area contributed by atoms with E-state index in [1.165, 1.54) is 24.4 Å². The van der Waals surface area contributed by atoms with Crippen molar-refractivity contribution in [2.24, 2.45) is 5.73 Å². The summed E-state index contributed by atoms with van der Waals surface area (Å²) in [6.07, 6.45) is -3.10. The van der Waals surface area contributed by atoms with Gasteiger partial charge in [0.1, 0.15) is 0 Å². The Bertz CT molecular complexity index is 518. The van der Waals surface area contributed by atoms with Crippen molar-refractivity contribution in [3.05, 3.63) is 41.7 Å². The summed E-state index contributed by atoms with van der Waals surface area (Å²) in [6, 6.07) is 5.16. The first-order valence-corrected chi connectivity index (χ1v) is 4.80. The van der Waals surface area contributed by atoms with E-state index in [4.69, 9.17) is 5.73 Å². The van der Waals surface area contributed by atoms with E-state index < -0.39 is 11.7 Å². The monoisotopic (exact) mass is 242 g/mol. The highest BCUT2D eigenvalue weighted by molar-refractivity contribution is 5.42. The van der Waals surface area contributed by atoms with Gasteiger partial charge in [0.05, 0.1) is 23.1 Å². The fourth-order valence-electron chi connectivity index (χ4n) is 1.50. The van der Waals surface area contributed by atoms with E-state index in [1.54, 1.807) is 0 Å². The molecule has 1 aromatic heterocycles. The molecule has 0 amide bonds. The summed E-state index contributed by atoms with van der Waals surface area (Å²) in [5.41, 5.74) is 4.99. The summed E-state index contributed by atoms with van der Waals surface area (Å²) in [6.45, 7) is 0.0686. The van der Waals surface area contributed by atoms with Crippen molar-refractivity contribution in [1.82, 2.24) is 15.0 Å². The molecule has 0 aliphatic heterocycles. The molecule has 7 heteroatoms. The third kappa shape index (κ3) is 2.14. The predicted octanol–water partition coefficient (Wildman–Crippen LogP) is 1.74. The van der Waals surface area contributed by atoms with Crippen LogP contribution >= 0.6 is 0 Å². The molecule has 2 aromatic rings. The second kappa shape index (κ2) is 4.17. The van der Waals surface area contributed by atoms with Crippen LogP contribution < -0.4 is 5.73 Å². The first-order valence-electron chi connectivity index (χ1n) is 4.80. The molecule has 0 radical (unpaired) electrons. The van der Waals surface area contributed by atoms with Crippen LogP contribution in [0.15, 0.2) is 30.5 Å².